The first-order valence-electron chi connectivity index (χ1n) is 5.30. The van der Waals surface area contributed by atoms with Gasteiger partial charge in [-0.15, -0.1) is 0 Å². The smallest absolute Gasteiger partial charge is 0.329 e. The third kappa shape index (κ3) is 2.96. The standard InChI is InChI=1S/C12H16N2O3/c1-3-12(2,11(16)17)14-9-6-4-8(5-7-9)10(13)15/h4-7,14H,3H2,1-2H3,(H2,13,15)(H,16,17). The lowest BCUT2D eigenvalue weighted by Gasteiger charge is -2.25. The molecule has 1 amide bonds. The van der Waals surface area contributed by atoms with Crippen LogP contribution in [0.3, 0.4) is 0 Å². The van der Waals surface area contributed by atoms with Gasteiger partial charge in [-0.1, -0.05) is 6.92 Å². The second-order valence-electron chi connectivity index (χ2n) is 4.06. The number of hydrogen-bond acceptors (Lipinski definition) is 3. The van der Waals surface area contributed by atoms with Gasteiger partial charge in [0, 0.05) is 11.3 Å². The molecule has 1 atom stereocenters. The predicted molar refractivity (Wildman–Crippen MR) is 64.9 cm³/mol. The van der Waals surface area contributed by atoms with Crippen LogP contribution in [0.15, 0.2) is 24.3 Å². The van der Waals surface area contributed by atoms with E-state index in [9.17, 15) is 9.59 Å². The second kappa shape index (κ2) is 4.86. The Hall–Kier alpha value is -2.04. The molecular formula is C12H16N2O3. The summed E-state index contributed by atoms with van der Waals surface area (Å²) in [6.07, 6.45) is 0.444. The molecule has 0 heterocycles. The molecule has 4 N–H and O–H groups in total. The van der Waals surface area contributed by atoms with Crippen molar-refractivity contribution in [1.29, 1.82) is 0 Å². The maximum Gasteiger partial charge on any atom is 0.329 e. The summed E-state index contributed by atoms with van der Waals surface area (Å²) in [4.78, 5) is 22.0. The summed E-state index contributed by atoms with van der Waals surface area (Å²) in [7, 11) is 0. The summed E-state index contributed by atoms with van der Waals surface area (Å²) < 4.78 is 0. The molecule has 1 aromatic rings. The number of carbonyl (C=O) groups is 2. The Balaban J connectivity index is 2.88. The lowest BCUT2D eigenvalue weighted by molar-refractivity contribution is -0.141. The summed E-state index contributed by atoms with van der Waals surface area (Å²) in [5.41, 5.74) is 5.13. The highest BCUT2D eigenvalue weighted by Gasteiger charge is 2.30. The summed E-state index contributed by atoms with van der Waals surface area (Å²) in [6.45, 7) is 3.40. The van der Waals surface area contributed by atoms with E-state index in [1.165, 1.54) is 0 Å². The van der Waals surface area contributed by atoms with Crippen molar-refractivity contribution in [1.82, 2.24) is 0 Å². The fraction of sp³-hybridized carbons (Fsp3) is 0.333. The monoisotopic (exact) mass is 236 g/mol. The molecule has 5 heteroatoms. The van der Waals surface area contributed by atoms with E-state index in [0.29, 0.717) is 17.7 Å². The number of rotatable bonds is 5. The fourth-order valence-corrected chi connectivity index (χ4v) is 1.33. The Morgan fingerprint density at radius 2 is 1.88 bits per heavy atom. The highest BCUT2D eigenvalue weighted by Crippen LogP contribution is 2.19. The van der Waals surface area contributed by atoms with Crippen LogP contribution in [0.5, 0.6) is 0 Å². The van der Waals surface area contributed by atoms with Crippen LogP contribution in [-0.4, -0.2) is 22.5 Å². The van der Waals surface area contributed by atoms with Crippen LogP contribution in [0, 0.1) is 0 Å². The Morgan fingerprint density at radius 1 is 1.35 bits per heavy atom. The zero-order valence-electron chi connectivity index (χ0n) is 9.86. The van der Waals surface area contributed by atoms with E-state index in [2.05, 4.69) is 5.32 Å². The summed E-state index contributed by atoms with van der Waals surface area (Å²) in [5.74, 6) is -1.42. The van der Waals surface area contributed by atoms with Gasteiger partial charge in [-0.05, 0) is 37.6 Å². The third-order valence-corrected chi connectivity index (χ3v) is 2.77. The van der Waals surface area contributed by atoms with Crippen molar-refractivity contribution in [2.24, 2.45) is 5.73 Å². The summed E-state index contributed by atoms with van der Waals surface area (Å²) in [6, 6.07) is 6.39. The van der Waals surface area contributed by atoms with Gasteiger partial charge in [0.1, 0.15) is 5.54 Å². The van der Waals surface area contributed by atoms with E-state index in [-0.39, 0.29) is 0 Å². The van der Waals surface area contributed by atoms with Crippen LogP contribution in [0.2, 0.25) is 0 Å². The number of anilines is 1. The number of hydrogen-bond donors (Lipinski definition) is 3. The minimum Gasteiger partial charge on any atom is -0.480 e. The minimum atomic E-state index is -1.02. The zero-order valence-corrected chi connectivity index (χ0v) is 9.86. The number of aliphatic carboxylic acids is 1. The number of carbonyl (C=O) groups excluding carboxylic acids is 1. The van der Waals surface area contributed by atoms with Crippen molar-refractivity contribution < 1.29 is 14.7 Å². The molecule has 0 fully saturated rings. The van der Waals surface area contributed by atoms with Crippen molar-refractivity contribution >= 4 is 17.6 Å². The molecule has 5 nitrogen and oxygen atoms in total. The van der Waals surface area contributed by atoms with Gasteiger partial charge in [0.15, 0.2) is 0 Å². The topological polar surface area (TPSA) is 92.4 Å². The molecule has 0 aliphatic heterocycles. The maximum atomic E-state index is 11.1. The van der Waals surface area contributed by atoms with Crippen LogP contribution in [0.4, 0.5) is 5.69 Å². The van der Waals surface area contributed by atoms with Gasteiger partial charge in [-0.3, -0.25) is 4.79 Å². The van der Waals surface area contributed by atoms with Gasteiger partial charge in [-0.25, -0.2) is 4.79 Å². The molecule has 1 rings (SSSR count). The number of carboxylic acids is 1. The van der Waals surface area contributed by atoms with E-state index >= 15 is 0 Å². The molecule has 0 aromatic heterocycles. The van der Waals surface area contributed by atoms with E-state index in [4.69, 9.17) is 10.8 Å². The summed E-state index contributed by atoms with van der Waals surface area (Å²) >= 11 is 0. The Bertz CT molecular complexity index is 428. The largest absolute Gasteiger partial charge is 0.480 e. The average molecular weight is 236 g/mol. The first-order valence-corrected chi connectivity index (χ1v) is 5.30. The number of benzene rings is 1. The number of amides is 1. The van der Waals surface area contributed by atoms with Gasteiger partial charge in [0.25, 0.3) is 0 Å². The van der Waals surface area contributed by atoms with Gasteiger partial charge in [-0.2, -0.15) is 0 Å². The van der Waals surface area contributed by atoms with Gasteiger partial charge in [0.05, 0.1) is 0 Å². The van der Waals surface area contributed by atoms with Crippen molar-refractivity contribution in [2.45, 2.75) is 25.8 Å². The number of primary amides is 1. The van der Waals surface area contributed by atoms with Crippen LogP contribution in [-0.2, 0) is 4.79 Å². The van der Waals surface area contributed by atoms with Crippen LogP contribution in [0.1, 0.15) is 30.6 Å². The van der Waals surface area contributed by atoms with Crippen molar-refractivity contribution in [3.63, 3.8) is 0 Å². The molecule has 1 aromatic carbocycles. The third-order valence-electron chi connectivity index (χ3n) is 2.77. The highest BCUT2D eigenvalue weighted by molar-refractivity contribution is 5.93. The first-order chi connectivity index (χ1) is 7.89. The molecule has 0 radical (unpaired) electrons. The summed E-state index contributed by atoms with van der Waals surface area (Å²) in [5, 5.41) is 12.0. The van der Waals surface area contributed by atoms with Crippen LogP contribution < -0.4 is 11.1 Å². The normalized spacial score (nSPS) is 13.8. The Labute approximate surface area is 99.6 Å². The van der Waals surface area contributed by atoms with E-state index < -0.39 is 17.4 Å². The van der Waals surface area contributed by atoms with E-state index in [1.807, 2.05) is 0 Å². The molecule has 0 aliphatic carbocycles. The maximum absolute atomic E-state index is 11.1. The molecule has 17 heavy (non-hydrogen) atoms. The molecular weight excluding hydrogens is 220 g/mol. The van der Waals surface area contributed by atoms with Gasteiger partial charge in [0.2, 0.25) is 5.91 Å². The quantitative estimate of drug-likeness (QED) is 0.721. The molecule has 0 spiro atoms. The molecule has 0 saturated carbocycles. The van der Waals surface area contributed by atoms with Crippen LogP contribution in [0.25, 0.3) is 0 Å². The second-order valence-corrected chi connectivity index (χ2v) is 4.06. The molecule has 0 bridgehead atoms. The van der Waals surface area contributed by atoms with Crippen molar-refractivity contribution in [3.8, 4) is 0 Å². The molecule has 0 aliphatic rings. The van der Waals surface area contributed by atoms with Crippen molar-refractivity contribution in [2.75, 3.05) is 5.32 Å². The Kier molecular flexibility index (Phi) is 3.73. The van der Waals surface area contributed by atoms with E-state index in [1.54, 1.807) is 38.1 Å². The van der Waals surface area contributed by atoms with Gasteiger partial charge >= 0.3 is 5.97 Å². The number of nitrogens with two attached hydrogens (primary N) is 1. The fourth-order valence-electron chi connectivity index (χ4n) is 1.33. The average Bonchev–Trinajstić information content (AvgIpc) is 2.29. The highest BCUT2D eigenvalue weighted by atomic mass is 16.4. The first kappa shape index (κ1) is 13.0. The zero-order chi connectivity index (χ0) is 13.1. The molecule has 1 unspecified atom stereocenters. The minimum absolute atomic E-state index is 0.393. The van der Waals surface area contributed by atoms with Crippen LogP contribution >= 0.6 is 0 Å². The number of carboxylic acid groups (broad SMARTS) is 1. The number of nitrogens with one attached hydrogen (secondary N) is 1. The Morgan fingerprint density at radius 3 is 2.24 bits per heavy atom. The lowest BCUT2D eigenvalue weighted by atomic mass is 9.98. The molecule has 92 valence electrons. The lowest BCUT2D eigenvalue weighted by Crippen LogP contribution is -2.42. The van der Waals surface area contributed by atoms with E-state index in [0.717, 1.165) is 0 Å². The molecule has 0 saturated heterocycles. The SMILES string of the molecule is CCC(C)(Nc1ccc(C(N)=O)cc1)C(=O)O. The predicted octanol–water partition coefficient (Wildman–Crippen LogP) is 1.45. The van der Waals surface area contributed by atoms with Crippen molar-refractivity contribution in [3.05, 3.63) is 29.8 Å². The van der Waals surface area contributed by atoms with Gasteiger partial charge < -0.3 is 16.2 Å².